The summed E-state index contributed by atoms with van der Waals surface area (Å²) in [4.78, 5) is 0. The van der Waals surface area contributed by atoms with Crippen molar-refractivity contribution >= 4 is 23.2 Å². The Morgan fingerprint density at radius 2 is 1.80 bits per heavy atom. The minimum Gasteiger partial charge on any atom is -0.384 e. The van der Waals surface area contributed by atoms with Crippen LogP contribution < -0.4 is 0 Å². The summed E-state index contributed by atoms with van der Waals surface area (Å²) in [5, 5.41) is 11.5. The van der Waals surface area contributed by atoms with Gasteiger partial charge < -0.3 is 9.84 Å². The van der Waals surface area contributed by atoms with E-state index >= 15 is 0 Å². The van der Waals surface area contributed by atoms with Gasteiger partial charge in [-0.1, -0.05) is 47.5 Å². The quantitative estimate of drug-likeness (QED) is 0.894. The molecule has 2 rings (SSSR count). The number of aliphatic hydroxyl groups excluding tert-OH is 1. The summed E-state index contributed by atoms with van der Waals surface area (Å²) in [6.45, 7) is 0.683. The molecule has 0 heterocycles. The van der Waals surface area contributed by atoms with Crippen LogP contribution in [0.25, 0.3) is 0 Å². The molecule has 1 unspecified atom stereocenters. The fourth-order valence-corrected chi connectivity index (χ4v) is 2.39. The maximum Gasteiger partial charge on any atom is 0.106 e. The molecule has 0 aliphatic carbocycles. The molecule has 2 nitrogen and oxygen atoms in total. The number of halogens is 2. The highest BCUT2D eigenvalue weighted by Crippen LogP contribution is 2.30. The summed E-state index contributed by atoms with van der Waals surface area (Å²) in [6.07, 6.45) is 0.0721. The first-order chi connectivity index (χ1) is 9.61. The zero-order chi connectivity index (χ0) is 14.5. The van der Waals surface area contributed by atoms with E-state index in [2.05, 4.69) is 0 Å². The Hall–Kier alpha value is -1.06. The van der Waals surface area contributed by atoms with Gasteiger partial charge in [0, 0.05) is 22.7 Å². The van der Waals surface area contributed by atoms with Crippen LogP contribution in [0, 0.1) is 0 Å². The van der Waals surface area contributed by atoms with Crippen molar-refractivity contribution in [3.05, 3.63) is 69.2 Å². The first-order valence-corrected chi connectivity index (χ1v) is 7.08. The van der Waals surface area contributed by atoms with Crippen LogP contribution in [-0.4, -0.2) is 18.8 Å². The van der Waals surface area contributed by atoms with Crippen LogP contribution >= 0.6 is 23.2 Å². The molecular weight excluding hydrogens is 295 g/mol. The fraction of sp³-hybridized carbons (Fsp3) is 0.250. The second kappa shape index (κ2) is 7.09. The Morgan fingerprint density at radius 1 is 1.10 bits per heavy atom. The van der Waals surface area contributed by atoms with Crippen molar-refractivity contribution in [2.24, 2.45) is 0 Å². The van der Waals surface area contributed by atoms with E-state index in [0.29, 0.717) is 22.2 Å². The maximum absolute atomic E-state index is 10.4. The summed E-state index contributed by atoms with van der Waals surface area (Å²) in [5.74, 6) is 0. The summed E-state index contributed by atoms with van der Waals surface area (Å²) >= 11 is 12.1. The van der Waals surface area contributed by atoms with Gasteiger partial charge in [0.2, 0.25) is 0 Å². The molecule has 4 heteroatoms. The van der Waals surface area contributed by atoms with Crippen LogP contribution in [-0.2, 0) is 11.2 Å². The van der Waals surface area contributed by atoms with Crippen LogP contribution in [0.4, 0.5) is 0 Å². The predicted octanol–water partition coefficient (Wildman–Crippen LogP) is 4.26. The molecule has 0 bridgehead atoms. The van der Waals surface area contributed by atoms with Crippen molar-refractivity contribution in [3.8, 4) is 0 Å². The average Bonchev–Trinajstić information content (AvgIpc) is 2.47. The molecule has 0 fully saturated rings. The molecule has 0 aromatic heterocycles. The highest BCUT2D eigenvalue weighted by atomic mass is 35.5. The Bertz CT molecular complexity index is 567. The summed E-state index contributed by atoms with van der Waals surface area (Å²) in [7, 11) is 1.68. The van der Waals surface area contributed by atoms with Crippen molar-refractivity contribution < 1.29 is 9.84 Å². The lowest BCUT2D eigenvalue weighted by molar-refractivity contribution is 0.202. The number of hydrogen-bond acceptors (Lipinski definition) is 2. The molecule has 2 aromatic carbocycles. The van der Waals surface area contributed by atoms with E-state index < -0.39 is 6.10 Å². The van der Waals surface area contributed by atoms with Crippen LogP contribution in [0.3, 0.4) is 0 Å². The third-order valence-electron chi connectivity index (χ3n) is 3.14. The lowest BCUT2D eigenvalue weighted by Crippen LogP contribution is -2.01. The first-order valence-electron chi connectivity index (χ1n) is 6.32. The van der Waals surface area contributed by atoms with Crippen LogP contribution in [0.5, 0.6) is 0 Å². The zero-order valence-corrected chi connectivity index (χ0v) is 12.7. The number of ether oxygens (including phenoxy) is 1. The molecular formula is C16H16Cl2O2. The minimum absolute atomic E-state index is 0.505. The largest absolute Gasteiger partial charge is 0.384 e. The van der Waals surface area contributed by atoms with Gasteiger partial charge in [-0.15, -0.1) is 0 Å². The molecule has 106 valence electrons. The Kier molecular flexibility index (Phi) is 5.44. The Balaban J connectivity index is 2.20. The normalized spacial score (nSPS) is 12.4. The van der Waals surface area contributed by atoms with E-state index in [0.717, 1.165) is 12.0 Å². The predicted molar refractivity (Wildman–Crippen MR) is 82.5 cm³/mol. The molecule has 20 heavy (non-hydrogen) atoms. The lowest BCUT2D eigenvalue weighted by atomic mass is 10.00. The van der Waals surface area contributed by atoms with Crippen LogP contribution in [0.2, 0.25) is 10.0 Å². The molecule has 0 amide bonds. The molecule has 1 N–H and O–H groups in total. The standard InChI is InChI=1S/C16H16Cl2O2/c1-20-9-8-11-2-4-12(5-3-11)16(19)14-10-13(17)6-7-15(14)18/h2-7,10,16,19H,8-9H2,1H3. The van der Waals surface area contributed by atoms with Gasteiger partial charge in [0.15, 0.2) is 0 Å². The van der Waals surface area contributed by atoms with Gasteiger partial charge in [0.25, 0.3) is 0 Å². The second-order valence-electron chi connectivity index (χ2n) is 4.55. The van der Waals surface area contributed by atoms with E-state index in [1.54, 1.807) is 25.3 Å². The first kappa shape index (κ1) is 15.3. The number of rotatable bonds is 5. The molecule has 0 aliphatic rings. The van der Waals surface area contributed by atoms with Gasteiger partial charge in [-0.25, -0.2) is 0 Å². The summed E-state index contributed by atoms with van der Waals surface area (Å²) in [6, 6.07) is 12.8. The van der Waals surface area contributed by atoms with Gasteiger partial charge in [0.1, 0.15) is 6.10 Å². The van der Waals surface area contributed by atoms with E-state index in [1.165, 1.54) is 5.56 Å². The highest BCUT2D eigenvalue weighted by molar-refractivity contribution is 6.33. The highest BCUT2D eigenvalue weighted by Gasteiger charge is 2.14. The minimum atomic E-state index is -0.780. The third-order valence-corrected chi connectivity index (χ3v) is 3.72. The number of aliphatic hydroxyl groups is 1. The molecule has 1 atom stereocenters. The molecule has 0 aliphatic heterocycles. The number of methoxy groups -OCH3 is 1. The van der Waals surface area contributed by atoms with Crippen molar-refractivity contribution in [1.82, 2.24) is 0 Å². The lowest BCUT2D eigenvalue weighted by Gasteiger charge is -2.14. The Labute approximate surface area is 128 Å². The monoisotopic (exact) mass is 310 g/mol. The van der Waals surface area contributed by atoms with Gasteiger partial charge in [0.05, 0.1) is 6.61 Å². The van der Waals surface area contributed by atoms with Crippen LogP contribution in [0.1, 0.15) is 22.8 Å². The number of benzene rings is 2. The topological polar surface area (TPSA) is 29.5 Å². The van der Waals surface area contributed by atoms with Crippen molar-refractivity contribution in [3.63, 3.8) is 0 Å². The molecule has 0 spiro atoms. The SMILES string of the molecule is COCCc1ccc(C(O)c2cc(Cl)ccc2Cl)cc1. The molecule has 0 radical (unpaired) electrons. The van der Waals surface area contributed by atoms with Crippen molar-refractivity contribution in [2.45, 2.75) is 12.5 Å². The van der Waals surface area contributed by atoms with Crippen molar-refractivity contribution in [2.75, 3.05) is 13.7 Å². The third kappa shape index (κ3) is 3.74. The molecule has 0 saturated heterocycles. The smallest absolute Gasteiger partial charge is 0.106 e. The van der Waals surface area contributed by atoms with Crippen LogP contribution in [0.15, 0.2) is 42.5 Å². The summed E-state index contributed by atoms with van der Waals surface area (Å²) < 4.78 is 5.04. The van der Waals surface area contributed by atoms with Crippen molar-refractivity contribution in [1.29, 1.82) is 0 Å². The average molecular weight is 311 g/mol. The fourth-order valence-electron chi connectivity index (χ4n) is 1.99. The zero-order valence-electron chi connectivity index (χ0n) is 11.1. The summed E-state index contributed by atoms with van der Waals surface area (Å²) in [5.41, 5.74) is 2.57. The second-order valence-corrected chi connectivity index (χ2v) is 5.40. The van der Waals surface area contributed by atoms with Gasteiger partial charge in [-0.2, -0.15) is 0 Å². The maximum atomic E-state index is 10.4. The van der Waals surface area contributed by atoms with E-state index in [4.69, 9.17) is 27.9 Å². The van der Waals surface area contributed by atoms with Gasteiger partial charge >= 0.3 is 0 Å². The molecule has 0 saturated carbocycles. The van der Waals surface area contributed by atoms with E-state index in [-0.39, 0.29) is 0 Å². The van der Waals surface area contributed by atoms with E-state index in [9.17, 15) is 5.11 Å². The van der Waals surface area contributed by atoms with E-state index in [1.807, 2.05) is 24.3 Å². The molecule has 2 aromatic rings. The van der Waals surface area contributed by atoms with Gasteiger partial charge in [-0.05, 0) is 35.7 Å². The Morgan fingerprint density at radius 3 is 2.45 bits per heavy atom. The number of hydrogen-bond donors (Lipinski definition) is 1. The van der Waals surface area contributed by atoms with Gasteiger partial charge in [-0.3, -0.25) is 0 Å².